The molecule has 1 N–H and O–H groups in total. The number of nitrogens with one attached hydrogen (secondary N) is 1. The Labute approximate surface area is 214 Å². The van der Waals surface area contributed by atoms with E-state index < -0.39 is 16.7 Å². The van der Waals surface area contributed by atoms with Gasteiger partial charge in [-0.05, 0) is 67.1 Å². The number of para-hydroxylation sites is 1. The van der Waals surface area contributed by atoms with Crippen LogP contribution in [0.1, 0.15) is 22.8 Å². The van der Waals surface area contributed by atoms with Crippen LogP contribution in [0, 0.1) is 10.1 Å². The van der Waals surface area contributed by atoms with Gasteiger partial charge in [0.25, 0.3) is 17.5 Å². The predicted molar refractivity (Wildman–Crippen MR) is 141 cm³/mol. The molecule has 4 rings (SSSR count). The predicted octanol–water partition coefficient (Wildman–Crippen LogP) is 4.17. The fraction of sp³-hybridized carbons (Fsp3) is 0.179. The Balaban J connectivity index is 1.52. The first-order chi connectivity index (χ1) is 17.8. The van der Waals surface area contributed by atoms with Gasteiger partial charge in [-0.3, -0.25) is 24.5 Å². The van der Waals surface area contributed by atoms with Crippen LogP contribution in [0.2, 0.25) is 0 Å². The summed E-state index contributed by atoms with van der Waals surface area (Å²) in [6, 6.07) is 21.8. The van der Waals surface area contributed by atoms with Crippen molar-refractivity contribution in [2.24, 2.45) is 0 Å². The minimum atomic E-state index is -0.559. The van der Waals surface area contributed by atoms with Crippen molar-refractivity contribution < 1.29 is 19.3 Å². The quantitative estimate of drug-likeness (QED) is 0.131. The van der Waals surface area contributed by atoms with Gasteiger partial charge < -0.3 is 15.1 Å². The van der Waals surface area contributed by atoms with E-state index in [1.165, 1.54) is 37.3 Å². The number of carbonyl (C=O) groups is 3. The molecule has 1 aliphatic heterocycles. The number of nitrogens with zero attached hydrogens (tertiary/aromatic N) is 3. The first-order valence-electron chi connectivity index (χ1n) is 11.8. The molecule has 3 aromatic rings. The number of anilines is 2. The number of nitro benzene ring substituents is 1. The van der Waals surface area contributed by atoms with E-state index in [4.69, 9.17) is 0 Å². The average molecular weight is 499 g/mol. The Morgan fingerprint density at radius 1 is 0.865 bits per heavy atom. The molecule has 0 unspecified atom stereocenters. The van der Waals surface area contributed by atoms with Gasteiger partial charge in [-0.1, -0.05) is 18.2 Å². The van der Waals surface area contributed by atoms with E-state index in [1.54, 1.807) is 41.3 Å². The summed E-state index contributed by atoms with van der Waals surface area (Å²) in [5.74, 6) is -0.974. The van der Waals surface area contributed by atoms with Crippen LogP contribution in [-0.2, 0) is 9.59 Å². The van der Waals surface area contributed by atoms with Crippen LogP contribution < -0.4 is 10.2 Å². The fourth-order valence-corrected chi connectivity index (χ4v) is 4.05. The molecule has 0 atom stereocenters. The van der Waals surface area contributed by atoms with Crippen molar-refractivity contribution in [2.45, 2.75) is 6.92 Å². The summed E-state index contributed by atoms with van der Waals surface area (Å²) in [4.78, 5) is 52.4. The number of nitro groups is 1. The monoisotopic (exact) mass is 498 g/mol. The maximum atomic E-state index is 13.5. The van der Waals surface area contributed by atoms with Crippen LogP contribution in [0.15, 0.2) is 84.4 Å². The van der Waals surface area contributed by atoms with Gasteiger partial charge in [0.05, 0.1) is 4.92 Å². The van der Waals surface area contributed by atoms with Crippen molar-refractivity contribution >= 4 is 40.7 Å². The van der Waals surface area contributed by atoms with E-state index in [0.29, 0.717) is 43.0 Å². The number of hydrogen-bond acceptors (Lipinski definition) is 6. The zero-order valence-corrected chi connectivity index (χ0v) is 20.3. The Hall–Kier alpha value is -4.79. The van der Waals surface area contributed by atoms with Crippen molar-refractivity contribution in [3.8, 4) is 0 Å². The molecule has 0 aliphatic carbocycles. The second-order valence-electron chi connectivity index (χ2n) is 8.61. The maximum absolute atomic E-state index is 13.5. The summed E-state index contributed by atoms with van der Waals surface area (Å²) in [5.41, 5.74) is 2.52. The first kappa shape index (κ1) is 25.3. The highest BCUT2D eigenvalue weighted by Gasteiger charge is 2.27. The van der Waals surface area contributed by atoms with E-state index in [9.17, 15) is 24.5 Å². The van der Waals surface area contributed by atoms with E-state index in [-0.39, 0.29) is 17.0 Å². The summed E-state index contributed by atoms with van der Waals surface area (Å²) >= 11 is 0. The largest absolute Gasteiger partial charge is 0.368 e. The molecule has 0 aromatic heterocycles. The van der Waals surface area contributed by atoms with Crippen LogP contribution in [0.5, 0.6) is 0 Å². The Morgan fingerprint density at radius 3 is 2.05 bits per heavy atom. The lowest BCUT2D eigenvalue weighted by Crippen LogP contribution is -2.50. The fourth-order valence-electron chi connectivity index (χ4n) is 4.05. The number of non-ortho nitro benzene ring substituents is 1. The molecule has 0 saturated carbocycles. The number of ketones is 1. The Morgan fingerprint density at radius 2 is 1.49 bits per heavy atom. The van der Waals surface area contributed by atoms with Crippen molar-refractivity contribution in [2.75, 3.05) is 36.4 Å². The van der Waals surface area contributed by atoms with Crippen molar-refractivity contribution in [1.29, 1.82) is 0 Å². The summed E-state index contributed by atoms with van der Waals surface area (Å²) in [5, 5.41) is 13.7. The Kier molecular flexibility index (Phi) is 7.73. The van der Waals surface area contributed by atoms with E-state index in [2.05, 4.69) is 10.2 Å². The lowest BCUT2D eigenvalue weighted by molar-refractivity contribution is -0.384. The number of piperazine rings is 1. The summed E-state index contributed by atoms with van der Waals surface area (Å²) < 4.78 is 0. The maximum Gasteiger partial charge on any atom is 0.269 e. The van der Waals surface area contributed by atoms with Crippen LogP contribution in [0.25, 0.3) is 6.08 Å². The van der Waals surface area contributed by atoms with Crippen molar-refractivity contribution in [3.05, 3.63) is 106 Å². The van der Waals surface area contributed by atoms with Gasteiger partial charge >= 0.3 is 0 Å². The van der Waals surface area contributed by atoms with E-state index in [1.807, 2.05) is 18.2 Å². The molecule has 9 heteroatoms. The second kappa shape index (κ2) is 11.3. The molecule has 1 heterocycles. The van der Waals surface area contributed by atoms with Gasteiger partial charge in [0.2, 0.25) is 0 Å². The van der Waals surface area contributed by atoms with E-state index >= 15 is 0 Å². The van der Waals surface area contributed by atoms with Crippen LogP contribution in [0.4, 0.5) is 17.1 Å². The Bertz CT molecular complexity index is 1330. The van der Waals surface area contributed by atoms with Crippen molar-refractivity contribution in [3.63, 3.8) is 0 Å². The van der Waals surface area contributed by atoms with Gasteiger partial charge in [-0.15, -0.1) is 0 Å². The lowest BCUT2D eigenvalue weighted by atomic mass is 10.1. The third-order valence-corrected chi connectivity index (χ3v) is 6.13. The zero-order valence-electron chi connectivity index (χ0n) is 20.3. The van der Waals surface area contributed by atoms with Gasteiger partial charge in [0, 0.05) is 55.2 Å². The van der Waals surface area contributed by atoms with Gasteiger partial charge in [0.1, 0.15) is 5.57 Å². The number of benzene rings is 3. The highest BCUT2D eigenvalue weighted by Crippen LogP contribution is 2.21. The zero-order chi connectivity index (χ0) is 26.4. The smallest absolute Gasteiger partial charge is 0.269 e. The standard InChI is InChI=1S/C28H26N4O5/c1-20(33)22-9-13-24(14-10-22)30-15-17-31(18-16-30)28(35)26(27(34)29-23-5-3-2-4-6-23)19-21-7-11-25(12-8-21)32(36)37/h2-14,19H,15-18H2,1H3,(H,29,34). The minimum Gasteiger partial charge on any atom is -0.368 e. The van der Waals surface area contributed by atoms with E-state index in [0.717, 1.165) is 5.69 Å². The average Bonchev–Trinajstić information content (AvgIpc) is 2.92. The van der Waals surface area contributed by atoms with Crippen LogP contribution >= 0.6 is 0 Å². The van der Waals surface area contributed by atoms with Gasteiger partial charge in [-0.25, -0.2) is 0 Å². The number of carbonyl (C=O) groups excluding carboxylic acids is 3. The molecule has 0 radical (unpaired) electrons. The highest BCUT2D eigenvalue weighted by molar-refractivity contribution is 6.25. The minimum absolute atomic E-state index is 0.00285. The summed E-state index contributed by atoms with van der Waals surface area (Å²) in [6.07, 6.45) is 1.46. The molecule has 0 bridgehead atoms. The molecule has 1 fully saturated rings. The summed E-state index contributed by atoms with van der Waals surface area (Å²) in [7, 11) is 0. The number of hydrogen-bond donors (Lipinski definition) is 1. The third-order valence-electron chi connectivity index (χ3n) is 6.13. The third kappa shape index (κ3) is 6.26. The molecule has 1 saturated heterocycles. The molecular formula is C28H26N4O5. The second-order valence-corrected chi connectivity index (χ2v) is 8.61. The molecular weight excluding hydrogens is 472 g/mol. The van der Waals surface area contributed by atoms with Crippen molar-refractivity contribution in [1.82, 2.24) is 4.90 Å². The van der Waals surface area contributed by atoms with Gasteiger partial charge in [0.15, 0.2) is 5.78 Å². The topological polar surface area (TPSA) is 113 Å². The number of rotatable bonds is 7. The van der Waals surface area contributed by atoms with Crippen LogP contribution in [-0.4, -0.2) is 53.6 Å². The number of Topliss-reactive ketones (excluding diaryl/α,β-unsaturated/α-hetero) is 1. The molecule has 2 amide bonds. The molecule has 9 nitrogen and oxygen atoms in total. The SMILES string of the molecule is CC(=O)c1ccc(N2CCN(C(=O)C(=Cc3ccc([N+](=O)[O-])cc3)C(=O)Nc3ccccc3)CC2)cc1. The number of amides is 2. The molecule has 37 heavy (non-hydrogen) atoms. The molecule has 3 aromatic carbocycles. The summed E-state index contributed by atoms with van der Waals surface area (Å²) in [6.45, 7) is 3.47. The lowest BCUT2D eigenvalue weighted by Gasteiger charge is -2.36. The molecule has 188 valence electrons. The molecule has 1 aliphatic rings. The highest BCUT2D eigenvalue weighted by atomic mass is 16.6. The normalized spacial score (nSPS) is 13.7. The van der Waals surface area contributed by atoms with Crippen LogP contribution in [0.3, 0.4) is 0 Å². The molecule has 0 spiro atoms. The first-order valence-corrected chi connectivity index (χ1v) is 11.8. The van der Waals surface area contributed by atoms with Gasteiger partial charge in [-0.2, -0.15) is 0 Å².